The van der Waals surface area contributed by atoms with E-state index in [0.717, 1.165) is 53.8 Å². The number of carbonyl (C=O) groups excluding carboxylic acids is 2. The second-order valence-corrected chi connectivity index (χ2v) is 12.6. The molecule has 0 aromatic heterocycles. The molecule has 1 fully saturated rings. The van der Waals surface area contributed by atoms with Gasteiger partial charge in [-0.2, -0.15) is 0 Å². The highest BCUT2D eigenvalue weighted by Crippen LogP contribution is 2.22. The zero-order valence-electron chi connectivity index (χ0n) is 22.7. The largest absolute Gasteiger partial charge is 0.352 e. The molecular weight excluding hydrogens is 546 g/mol. The monoisotopic (exact) mass is 581 g/mol. The number of nitrogens with zero attached hydrogens (tertiary/aromatic N) is 2. The van der Waals surface area contributed by atoms with Crippen molar-refractivity contribution < 1.29 is 18.0 Å². The van der Waals surface area contributed by atoms with Gasteiger partial charge < -0.3 is 10.2 Å². The van der Waals surface area contributed by atoms with E-state index in [-0.39, 0.29) is 24.9 Å². The number of benzene rings is 3. The molecule has 2 amide bonds. The fraction of sp³-hybridized carbons (Fsp3) is 0.355. The Morgan fingerprint density at radius 2 is 1.52 bits per heavy atom. The van der Waals surface area contributed by atoms with Crippen LogP contribution in [0.25, 0.3) is 0 Å². The normalized spacial score (nSPS) is 14.8. The molecule has 0 saturated heterocycles. The average molecular weight is 582 g/mol. The first-order valence-electron chi connectivity index (χ1n) is 13.6. The lowest BCUT2D eigenvalue weighted by atomic mass is 9.94. The van der Waals surface area contributed by atoms with Crippen LogP contribution in [0.15, 0.2) is 84.9 Å². The van der Waals surface area contributed by atoms with Gasteiger partial charge in [0.2, 0.25) is 21.8 Å². The first-order valence-corrected chi connectivity index (χ1v) is 15.8. The molecule has 3 aromatic carbocycles. The summed E-state index contributed by atoms with van der Waals surface area (Å²) >= 11 is 6.26. The molecule has 1 aliphatic carbocycles. The van der Waals surface area contributed by atoms with Gasteiger partial charge in [-0.05, 0) is 48.2 Å². The van der Waals surface area contributed by atoms with E-state index in [0.29, 0.717) is 10.7 Å². The molecule has 0 bridgehead atoms. The predicted octanol–water partition coefficient (Wildman–Crippen LogP) is 5.20. The standard InChI is InChI=1S/C31H36ClN3O4S/c1-40(38,39)35(28-18-9-4-10-19-28)23-30(36)34(22-25-14-11-15-26(32)20-25)29(21-24-12-5-2-6-13-24)31(37)33-27-16-7-3-8-17-27/h2,4-6,9-15,18-20,27,29H,3,7-8,16-17,21-23H2,1H3,(H,33,37). The van der Waals surface area contributed by atoms with Crippen molar-refractivity contribution in [3.63, 3.8) is 0 Å². The summed E-state index contributed by atoms with van der Waals surface area (Å²) in [7, 11) is -3.79. The van der Waals surface area contributed by atoms with Crippen molar-refractivity contribution in [1.29, 1.82) is 0 Å². The van der Waals surface area contributed by atoms with E-state index >= 15 is 0 Å². The number of carbonyl (C=O) groups is 2. The highest BCUT2D eigenvalue weighted by Gasteiger charge is 2.34. The van der Waals surface area contributed by atoms with Gasteiger partial charge in [0.1, 0.15) is 12.6 Å². The van der Waals surface area contributed by atoms with Crippen molar-refractivity contribution in [2.75, 3.05) is 17.1 Å². The Hall–Kier alpha value is -3.36. The second kappa shape index (κ2) is 13.8. The third kappa shape index (κ3) is 8.32. The lowest BCUT2D eigenvalue weighted by Crippen LogP contribution is -2.55. The number of hydrogen-bond donors (Lipinski definition) is 1. The van der Waals surface area contributed by atoms with Crippen LogP contribution in [-0.2, 0) is 32.6 Å². The van der Waals surface area contributed by atoms with Crippen LogP contribution in [0.2, 0.25) is 5.02 Å². The number of hydrogen-bond acceptors (Lipinski definition) is 4. The average Bonchev–Trinajstić information content (AvgIpc) is 2.94. The summed E-state index contributed by atoms with van der Waals surface area (Å²) < 4.78 is 26.7. The molecule has 1 aliphatic rings. The van der Waals surface area contributed by atoms with Crippen molar-refractivity contribution in [2.24, 2.45) is 0 Å². The summed E-state index contributed by atoms with van der Waals surface area (Å²) in [5, 5.41) is 3.71. The molecule has 7 nitrogen and oxygen atoms in total. The number of nitrogens with one attached hydrogen (secondary N) is 1. The van der Waals surface area contributed by atoms with Crippen LogP contribution in [0.1, 0.15) is 43.2 Å². The number of para-hydroxylation sites is 1. The Kier molecular flexibility index (Phi) is 10.2. The number of amides is 2. The van der Waals surface area contributed by atoms with Crippen LogP contribution < -0.4 is 9.62 Å². The molecule has 1 saturated carbocycles. The van der Waals surface area contributed by atoms with Crippen LogP contribution in [0.5, 0.6) is 0 Å². The summed E-state index contributed by atoms with van der Waals surface area (Å²) in [4.78, 5) is 29.5. The second-order valence-electron chi connectivity index (χ2n) is 10.3. The maximum atomic E-state index is 14.1. The van der Waals surface area contributed by atoms with Crippen LogP contribution in [0, 0.1) is 0 Å². The van der Waals surface area contributed by atoms with Crippen molar-refractivity contribution in [3.8, 4) is 0 Å². The molecule has 4 rings (SSSR count). The van der Waals surface area contributed by atoms with Crippen molar-refractivity contribution >= 4 is 39.1 Å². The van der Waals surface area contributed by atoms with Crippen LogP contribution in [0.4, 0.5) is 5.69 Å². The molecule has 3 aromatic rings. The molecule has 0 heterocycles. The van der Waals surface area contributed by atoms with Gasteiger partial charge in [-0.3, -0.25) is 13.9 Å². The molecule has 1 N–H and O–H groups in total. The highest BCUT2D eigenvalue weighted by atomic mass is 35.5. The Bertz CT molecular complexity index is 1380. The number of halogens is 1. The van der Waals surface area contributed by atoms with Gasteiger partial charge in [-0.1, -0.05) is 91.5 Å². The van der Waals surface area contributed by atoms with E-state index in [1.54, 1.807) is 48.5 Å². The van der Waals surface area contributed by atoms with Crippen molar-refractivity contribution in [3.05, 3.63) is 101 Å². The van der Waals surface area contributed by atoms with E-state index in [9.17, 15) is 18.0 Å². The van der Waals surface area contributed by atoms with Gasteiger partial charge in [0.05, 0.1) is 11.9 Å². The molecule has 9 heteroatoms. The predicted molar refractivity (Wildman–Crippen MR) is 160 cm³/mol. The molecule has 0 spiro atoms. The third-order valence-electron chi connectivity index (χ3n) is 7.19. The first kappa shape index (κ1) is 29.6. The lowest BCUT2D eigenvalue weighted by Gasteiger charge is -2.35. The Balaban J connectivity index is 1.71. The Morgan fingerprint density at radius 3 is 2.15 bits per heavy atom. The molecule has 0 radical (unpaired) electrons. The van der Waals surface area contributed by atoms with Crippen molar-refractivity contribution in [2.45, 2.75) is 57.2 Å². The minimum absolute atomic E-state index is 0.0551. The van der Waals surface area contributed by atoms with Crippen LogP contribution >= 0.6 is 11.6 Å². The number of anilines is 1. The van der Waals surface area contributed by atoms with Crippen LogP contribution in [-0.4, -0.2) is 50.0 Å². The summed E-state index contributed by atoms with van der Waals surface area (Å²) in [6, 6.07) is 24.4. The van der Waals surface area contributed by atoms with Gasteiger partial charge in [0.15, 0.2) is 0 Å². The van der Waals surface area contributed by atoms with E-state index in [1.807, 2.05) is 36.4 Å². The lowest BCUT2D eigenvalue weighted by molar-refractivity contribution is -0.140. The zero-order chi connectivity index (χ0) is 28.5. The zero-order valence-corrected chi connectivity index (χ0v) is 24.3. The van der Waals surface area contributed by atoms with E-state index in [1.165, 1.54) is 4.90 Å². The van der Waals surface area contributed by atoms with Gasteiger partial charge >= 0.3 is 0 Å². The molecule has 40 heavy (non-hydrogen) atoms. The van der Waals surface area contributed by atoms with Gasteiger partial charge in [0, 0.05) is 24.0 Å². The molecular formula is C31H36ClN3O4S. The quantitative estimate of drug-likeness (QED) is 0.337. The molecule has 1 atom stereocenters. The SMILES string of the molecule is CS(=O)(=O)N(CC(=O)N(Cc1cccc(Cl)c1)C(Cc1ccccc1)C(=O)NC1CCCCC1)c1ccccc1. The fourth-order valence-electron chi connectivity index (χ4n) is 5.14. The molecule has 212 valence electrons. The smallest absolute Gasteiger partial charge is 0.244 e. The maximum absolute atomic E-state index is 14.1. The topological polar surface area (TPSA) is 86.8 Å². The number of sulfonamides is 1. The van der Waals surface area contributed by atoms with Crippen LogP contribution in [0.3, 0.4) is 0 Å². The summed E-state index contributed by atoms with van der Waals surface area (Å²) in [6.07, 6.45) is 6.44. The third-order valence-corrected chi connectivity index (χ3v) is 8.56. The van der Waals surface area contributed by atoms with E-state index < -0.39 is 28.5 Å². The maximum Gasteiger partial charge on any atom is 0.244 e. The Morgan fingerprint density at radius 1 is 0.900 bits per heavy atom. The summed E-state index contributed by atoms with van der Waals surface area (Å²) in [5.74, 6) is -0.717. The van der Waals surface area contributed by atoms with E-state index in [2.05, 4.69) is 5.32 Å². The minimum atomic E-state index is -3.79. The van der Waals surface area contributed by atoms with Gasteiger partial charge in [-0.15, -0.1) is 0 Å². The van der Waals surface area contributed by atoms with E-state index in [4.69, 9.17) is 11.6 Å². The minimum Gasteiger partial charge on any atom is -0.352 e. The van der Waals surface area contributed by atoms with Crippen molar-refractivity contribution in [1.82, 2.24) is 10.2 Å². The molecule has 0 aliphatic heterocycles. The fourth-order valence-corrected chi connectivity index (χ4v) is 6.20. The summed E-state index contributed by atoms with van der Waals surface area (Å²) in [5.41, 5.74) is 2.03. The first-order chi connectivity index (χ1) is 19.2. The highest BCUT2D eigenvalue weighted by molar-refractivity contribution is 7.92. The Labute approximate surface area is 242 Å². The van der Waals surface area contributed by atoms with Gasteiger partial charge in [-0.25, -0.2) is 8.42 Å². The molecule has 1 unspecified atom stereocenters. The number of rotatable bonds is 11. The van der Waals surface area contributed by atoms with Gasteiger partial charge in [0.25, 0.3) is 0 Å². The summed E-state index contributed by atoms with van der Waals surface area (Å²) in [6.45, 7) is -0.340.